The van der Waals surface area contributed by atoms with Crippen LogP contribution in [-0.4, -0.2) is 171 Å². The van der Waals surface area contributed by atoms with E-state index in [0.717, 1.165) is 0 Å². The molecule has 2 saturated heterocycles. The number of aliphatic hydroxyl groups excluding tert-OH is 6. The van der Waals surface area contributed by atoms with E-state index in [1.54, 1.807) is 0 Å². The monoisotopic (exact) mass is 688 g/mol. The second kappa shape index (κ2) is 20.4. The Hall–Kier alpha value is -0.900. The highest BCUT2D eigenvalue weighted by molar-refractivity contribution is 7.81. The van der Waals surface area contributed by atoms with E-state index in [4.69, 9.17) is 9.47 Å². The van der Waals surface area contributed by atoms with E-state index in [1.807, 2.05) is 4.90 Å². The maximum atomic E-state index is 12.6. The van der Waals surface area contributed by atoms with Crippen LogP contribution in [0.3, 0.4) is 0 Å². The summed E-state index contributed by atoms with van der Waals surface area (Å²) < 4.78 is 11.1. The maximum Gasteiger partial charge on any atom is 0.222 e. The summed E-state index contributed by atoms with van der Waals surface area (Å²) in [5.41, 5.74) is 0. The fourth-order valence-corrected chi connectivity index (χ4v) is 5.79. The first kappa shape index (κ1) is 39.3. The molecule has 0 unspecified atom stereocenters. The van der Waals surface area contributed by atoms with Crippen LogP contribution in [0.4, 0.5) is 0 Å². The van der Waals surface area contributed by atoms with Crippen LogP contribution in [0.15, 0.2) is 0 Å². The van der Waals surface area contributed by atoms with E-state index >= 15 is 0 Å². The van der Waals surface area contributed by atoms with Gasteiger partial charge in [-0.15, -0.1) is 0 Å². The van der Waals surface area contributed by atoms with E-state index in [0.29, 0.717) is 44.8 Å². The molecular weight excluding hydrogens is 641 g/mol. The van der Waals surface area contributed by atoms with Gasteiger partial charge in [-0.1, -0.05) is 0 Å². The van der Waals surface area contributed by atoms with Crippen molar-refractivity contribution in [1.82, 2.24) is 20.9 Å². The Morgan fingerprint density at radius 2 is 1.02 bits per heavy atom. The molecule has 0 aliphatic carbocycles. The van der Waals surface area contributed by atoms with E-state index in [1.165, 1.54) is 0 Å². The smallest absolute Gasteiger partial charge is 0.222 e. The molecule has 3 amide bonds. The number of hydrogen-bond acceptors (Lipinski definition) is 15. The third-order valence-corrected chi connectivity index (χ3v) is 9.16. The van der Waals surface area contributed by atoms with Crippen molar-refractivity contribution in [3.8, 4) is 0 Å². The molecule has 9 N–H and O–H groups in total. The molecule has 0 aromatic carbocycles. The van der Waals surface area contributed by atoms with E-state index in [2.05, 4.69) is 53.8 Å². The Morgan fingerprint density at radius 1 is 0.636 bits per heavy atom. The van der Waals surface area contributed by atoms with Crippen LogP contribution < -0.4 is 16.0 Å². The molecule has 0 spiro atoms. The lowest BCUT2D eigenvalue weighted by Crippen LogP contribution is -2.57. The van der Waals surface area contributed by atoms with Crippen LogP contribution in [-0.2, 0) is 23.9 Å². The number of thiol groups is 3. The Bertz CT molecular complexity index is 838. The van der Waals surface area contributed by atoms with Gasteiger partial charge >= 0.3 is 0 Å². The molecule has 0 radical (unpaired) electrons. The van der Waals surface area contributed by atoms with Gasteiger partial charge in [0.15, 0.2) is 0 Å². The molecule has 2 rings (SSSR count). The molecule has 2 aliphatic heterocycles. The van der Waals surface area contributed by atoms with Crippen molar-refractivity contribution in [3.05, 3.63) is 0 Å². The van der Waals surface area contributed by atoms with Gasteiger partial charge in [0, 0.05) is 45.7 Å². The number of amides is 3. The van der Waals surface area contributed by atoms with Crippen molar-refractivity contribution in [2.24, 2.45) is 0 Å². The summed E-state index contributed by atoms with van der Waals surface area (Å²) in [5.74, 6) is -0.279. The van der Waals surface area contributed by atoms with Crippen LogP contribution in [0.1, 0.15) is 25.7 Å². The standard InChI is InChI=1S/C26H48N4O11S3/c31-12-16-21(36)23(38)25(43)14(40-16)10-19(34)28-4-7-30(6-3-27-18(33)2-1-9-42)8-5-29-20(35)11-15-26(44)24(39)22(37)17(13-32)41-15/h14-17,21-26,31-32,36-39,42-44H,1-13H2,(H,27,33)(H,28,34)(H,29,35)/t14-,15-,16+,17+,21-,22-,23-,24-,25-,26-/m0/s1. The zero-order valence-electron chi connectivity index (χ0n) is 24.5. The van der Waals surface area contributed by atoms with Gasteiger partial charge in [-0.3, -0.25) is 19.3 Å². The number of nitrogens with one attached hydrogen (secondary N) is 3. The second-order valence-corrected chi connectivity index (χ2v) is 12.5. The molecule has 0 aromatic rings. The molecule has 2 fully saturated rings. The fraction of sp³-hybridized carbons (Fsp3) is 0.885. The second-order valence-electron chi connectivity index (χ2n) is 10.9. The lowest BCUT2D eigenvalue weighted by Gasteiger charge is -2.40. The molecular formula is C26H48N4O11S3. The number of hydrogen-bond donors (Lipinski definition) is 12. The van der Waals surface area contributed by atoms with Gasteiger partial charge in [0.25, 0.3) is 0 Å². The maximum absolute atomic E-state index is 12.6. The molecule has 0 saturated carbocycles. The van der Waals surface area contributed by atoms with Gasteiger partial charge in [-0.2, -0.15) is 37.9 Å². The molecule has 44 heavy (non-hydrogen) atoms. The Labute approximate surface area is 273 Å². The molecule has 0 aromatic heterocycles. The first-order chi connectivity index (χ1) is 20.9. The van der Waals surface area contributed by atoms with Crippen LogP contribution in [0.2, 0.25) is 0 Å². The van der Waals surface area contributed by atoms with E-state index in [9.17, 15) is 45.0 Å². The quantitative estimate of drug-likeness (QED) is 0.0614. The minimum Gasteiger partial charge on any atom is -0.394 e. The fourth-order valence-electron chi connectivity index (χ4n) is 4.93. The van der Waals surface area contributed by atoms with Gasteiger partial charge in [0.1, 0.15) is 24.4 Å². The predicted molar refractivity (Wildman–Crippen MR) is 169 cm³/mol. The van der Waals surface area contributed by atoms with Crippen LogP contribution in [0.25, 0.3) is 0 Å². The highest BCUT2D eigenvalue weighted by Crippen LogP contribution is 2.27. The SMILES string of the molecule is O=C(CCCS)NCCN(CCNC(=O)C[C@@H]1O[C@H](CO)[C@H](O)[C@H](O)[C@H]1S)CCNC(=O)C[C@@H]1O[C@H](CO)[C@H](O)[C@H](O)[C@H]1S. The van der Waals surface area contributed by atoms with E-state index in [-0.39, 0.29) is 43.7 Å². The molecule has 18 heteroatoms. The largest absolute Gasteiger partial charge is 0.394 e. The Balaban J connectivity index is 1.85. The average Bonchev–Trinajstić information content (AvgIpc) is 3.00. The Morgan fingerprint density at radius 3 is 1.39 bits per heavy atom. The summed E-state index contributed by atoms with van der Waals surface area (Å²) in [5, 5.41) is 65.7. The number of ether oxygens (including phenoxy) is 2. The van der Waals surface area contributed by atoms with Crippen LogP contribution in [0, 0.1) is 0 Å². The van der Waals surface area contributed by atoms with Gasteiger partial charge < -0.3 is 56.1 Å². The Kier molecular flexibility index (Phi) is 18.2. The number of rotatable bonds is 18. The van der Waals surface area contributed by atoms with Gasteiger partial charge in [0.2, 0.25) is 17.7 Å². The zero-order valence-corrected chi connectivity index (χ0v) is 27.2. The minimum atomic E-state index is -1.32. The summed E-state index contributed by atoms with van der Waals surface area (Å²) in [4.78, 5) is 39.1. The molecule has 2 heterocycles. The van der Waals surface area contributed by atoms with Crippen molar-refractivity contribution in [1.29, 1.82) is 0 Å². The molecule has 256 valence electrons. The third-order valence-electron chi connectivity index (χ3n) is 7.57. The predicted octanol–water partition coefficient (Wildman–Crippen LogP) is -4.31. The zero-order chi connectivity index (χ0) is 32.8. The van der Waals surface area contributed by atoms with Crippen molar-refractivity contribution in [2.45, 2.75) is 85.0 Å². The van der Waals surface area contributed by atoms with Crippen molar-refractivity contribution in [2.75, 3.05) is 58.2 Å². The number of nitrogens with zero attached hydrogens (tertiary/aromatic N) is 1. The molecule has 2 aliphatic rings. The summed E-state index contributed by atoms with van der Waals surface area (Å²) in [6.07, 6.45) is -8.19. The average molecular weight is 689 g/mol. The highest BCUT2D eigenvalue weighted by atomic mass is 32.1. The molecule has 15 nitrogen and oxygen atoms in total. The highest BCUT2D eigenvalue weighted by Gasteiger charge is 2.44. The first-order valence-corrected chi connectivity index (χ1v) is 16.3. The van der Waals surface area contributed by atoms with Gasteiger partial charge in [-0.25, -0.2) is 0 Å². The summed E-state index contributed by atoms with van der Waals surface area (Å²) in [7, 11) is 0. The number of aliphatic hydroxyl groups is 6. The van der Waals surface area contributed by atoms with Gasteiger partial charge in [-0.05, 0) is 12.2 Å². The summed E-state index contributed by atoms with van der Waals surface area (Å²) in [6, 6.07) is 0. The normalized spacial score (nSPS) is 32.3. The van der Waals surface area contributed by atoms with Crippen LogP contribution >= 0.6 is 37.9 Å². The van der Waals surface area contributed by atoms with Crippen molar-refractivity contribution in [3.63, 3.8) is 0 Å². The topological polar surface area (TPSA) is 230 Å². The summed E-state index contributed by atoms with van der Waals surface area (Å²) in [6.45, 7) is 0.910. The lowest BCUT2D eigenvalue weighted by molar-refractivity contribution is -0.178. The molecule has 10 atom stereocenters. The van der Waals surface area contributed by atoms with E-state index < -0.39 is 72.5 Å². The minimum absolute atomic E-state index is 0.106. The summed E-state index contributed by atoms with van der Waals surface area (Å²) >= 11 is 12.6. The first-order valence-electron chi connectivity index (χ1n) is 14.7. The van der Waals surface area contributed by atoms with Gasteiger partial charge in [0.05, 0.1) is 61.0 Å². The number of carbonyl (C=O) groups excluding carboxylic acids is 3. The lowest BCUT2D eigenvalue weighted by atomic mass is 9.95. The third kappa shape index (κ3) is 12.4. The van der Waals surface area contributed by atoms with Crippen LogP contribution in [0.5, 0.6) is 0 Å². The van der Waals surface area contributed by atoms with Crippen molar-refractivity contribution < 1.29 is 54.5 Å². The van der Waals surface area contributed by atoms with Crippen molar-refractivity contribution >= 4 is 55.6 Å². The number of carbonyl (C=O) groups is 3. The molecule has 0 bridgehead atoms.